The van der Waals surface area contributed by atoms with Gasteiger partial charge in [-0.05, 0) is 98.1 Å². The number of hydrogen-bond acceptors (Lipinski definition) is 5. The lowest BCUT2D eigenvalue weighted by atomic mass is 10.1. The Hall–Kier alpha value is -3.60. The Balaban J connectivity index is 1.34. The van der Waals surface area contributed by atoms with Crippen LogP contribution in [0.2, 0.25) is 0 Å². The molecule has 5 heteroatoms. The lowest BCUT2D eigenvalue weighted by molar-refractivity contribution is 0.0734. The largest absolute Gasteiger partial charge is 0.494 e. The summed E-state index contributed by atoms with van der Waals surface area (Å²) in [5.41, 5.74) is 2.24. The Kier molecular flexibility index (Phi) is 14.6. The van der Waals surface area contributed by atoms with Crippen molar-refractivity contribution in [2.45, 2.75) is 97.5 Å². The third kappa shape index (κ3) is 12.6. The topological polar surface area (TPSA) is 57.1 Å². The van der Waals surface area contributed by atoms with Gasteiger partial charge in [0.15, 0.2) is 0 Å². The van der Waals surface area contributed by atoms with E-state index < -0.39 is 5.97 Å². The molecule has 0 amide bonds. The average Bonchev–Trinajstić information content (AvgIpc) is 3.00. The van der Waals surface area contributed by atoms with E-state index in [2.05, 4.69) is 25.8 Å². The maximum absolute atomic E-state index is 12.6. The highest BCUT2D eigenvalue weighted by Gasteiger charge is 2.09. The molecule has 0 aliphatic carbocycles. The van der Waals surface area contributed by atoms with Crippen molar-refractivity contribution >= 4 is 17.9 Å². The molecule has 0 heterocycles. The minimum Gasteiger partial charge on any atom is -0.494 e. The summed E-state index contributed by atoms with van der Waals surface area (Å²) in [5, 5.41) is 0. The maximum atomic E-state index is 12.6. The highest BCUT2D eigenvalue weighted by molar-refractivity contribution is 5.91. The molecule has 0 aromatic heterocycles. The van der Waals surface area contributed by atoms with Gasteiger partial charge < -0.3 is 14.2 Å². The minimum absolute atomic E-state index is 0.189. The normalized spacial score (nSPS) is 11.9. The fraction of sp³-hybridized carbons (Fsp3) is 0.444. The number of carbonyl (C=O) groups is 1. The van der Waals surface area contributed by atoms with Crippen molar-refractivity contribution in [2.75, 3.05) is 6.61 Å². The molecule has 0 saturated heterocycles. The number of rotatable bonds is 19. The number of ether oxygens (including phenoxy) is 3. The van der Waals surface area contributed by atoms with Gasteiger partial charge in [0.25, 0.3) is 0 Å². The van der Waals surface area contributed by atoms with Gasteiger partial charge in [0, 0.05) is 6.21 Å². The van der Waals surface area contributed by atoms with Crippen LogP contribution in [0.15, 0.2) is 77.8 Å². The van der Waals surface area contributed by atoms with Crippen molar-refractivity contribution in [1.82, 2.24) is 0 Å². The van der Waals surface area contributed by atoms with E-state index in [9.17, 15) is 4.79 Å². The molecule has 3 aromatic carbocycles. The van der Waals surface area contributed by atoms with E-state index in [1.54, 1.807) is 30.5 Å². The summed E-state index contributed by atoms with van der Waals surface area (Å²) in [6, 6.07) is 22.2. The number of nitrogens with zero attached hydrogens (tertiary/aromatic N) is 1. The van der Waals surface area contributed by atoms with Crippen LogP contribution in [0.3, 0.4) is 0 Å². The van der Waals surface area contributed by atoms with Crippen LogP contribution in [-0.4, -0.2) is 24.9 Å². The molecule has 3 rings (SSSR count). The zero-order chi connectivity index (χ0) is 29.1. The summed E-state index contributed by atoms with van der Waals surface area (Å²) >= 11 is 0. The molecule has 41 heavy (non-hydrogen) atoms. The number of unbranched alkanes of at least 4 members (excludes halogenated alkanes) is 9. The molecule has 0 N–H and O–H groups in total. The molecule has 5 nitrogen and oxygen atoms in total. The van der Waals surface area contributed by atoms with Gasteiger partial charge in [-0.25, -0.2) is 4.79 Å². The van der Waals surface area contributed by atoms with E-state index in [1.807, 2.05) is 48.5 Å². The quantitative estimate of drug-likeness (QED) is 0.0637. The fourth-order valence-electron chi connectivity index (χ4n) is 4.33. The third-order valence-corrected chi connectivity index (χ3v) is 7.06. The minimum atomic E-state index is -0.396. The molecule has 220 valence electrons. The Morgan fingerprint density at radius 3 is 1.88 bits per heavy atom. The highest BCUT2D eigenvalue weighted by atomic mass is 16.5. The standard InChI is InChI=1S/C36H47NO4/c1-4-6-7-8-9-10-11-12-13-14-27-39-33-23-17-31(18-24-33)36(38)41-35-21-15-30(16-22-35)28-37-32-19-25-34(26-20-32)40-29(3)5-2/h15-26,28-29H,4-14,27H2,1-3H3/t29-/m0/s1. The van der Waals surface area contributed by atoms with Crippen molar-refractivity contribution in [2.24, 2.45) is 4.99 Å². The van der Waals surface area contributed by atoms with Crippen molar-refractivity contribution in [3.63, 3.8) is 0 Å². The van der Waals surface area contributed by atoms with Gasteiger partial charge in [-0.1, -0.05) is 71.6 Å². The van der Waals surface area contributed by atoms with Crippen LogP contribution in [0.1, 0.15) is 107 Å². The third-order valence-electron chi connectivity index (χ3n) is 7.06. The molecule has 0 saturated carbocycles. The smallest absolute Gasteiger partial charge is 0.343 e. The number of esters is 1. The maximum Gasteiger partial charge on any atom is 0.343 e. The molecule has 3 aromatic rings. The zero-order valence-corrected chi connectivity index (χ0v) is 25.1. The molecular formula is C36H47NO4. The lowest BCUT2D eigenvalue weighted by Gasteiger charge is -2.12. The molecular weight excluding hydrogens is 510 g/mol. The summed E-state index contributed by atoms with van der Waals surface area (Å²) in [5.74, 6) is 1.71. The van der Waals surface area contributed by atoms with Crippen molar-refractivity contribution in [3.05, 3.63) is 83.9 Å². The lowest BCUT2D eigenvalue weighted by Crippen LogP contribution is -2.09. The van der Waals surface area contributed by atoms with Gasteiger partial charge >= 0.3 is 5.97 Å². The number of hydrogen-bond donors (Lipinski definition) is 0. The Bertz CT molecular complexity index is 1150. The Labute approximate surface area is 247 Å². The summed E-state index contributed by atoms with van der Waals surface area (Å²) in [7, 11) is 0. The Morgan fingerprint density at radius 1 is 0.707 bits per heavy atom. The van der Waals surface area contributed by atoms with Gasteiger partial charge in [0.1, 0.15) is 17.2 Å². The van der Waals surface area contributed by atoms with E-state index in [-0.39, 0.29) is 6.10 Å². The van der Waals surface area contributed by atoms with Crippen LogP contribution in [0.5, 0.6) is 17.2 Å². The second-order valence-electron chi connectivity index (χ2n) is 10.6. The first kappa shape index (κ1) is 31.9. The molecule has 0 fully saturated rings. The van der Waals surface area contributed by atoms with E-state index >= 15 is 0 Å². The van der Waals surface area contributed by atoms with E-state index in [1.165, 1.54) is 57.8 Å². The molecule has 0 spiro atoms. The second kappa shape index (κ2) is 18.7. The summed E-state index contributed by atoms with van der Waals surface area (Å²) in [6.45, 7) is 7.12. The van der Waals surface area contributed by atoms with Crippen molar-refractivity contribution in [3.8, 4) is 17.2 Å². The summed E-state index contributed by atoms with van der Waals surface area (Å²) in [6.07, 6.45) is 16.0. The average molecular weight is 558 g/mol. The first-order valence-electron chi connectivity index (χ1n) is 15.4. The SMILES string of the molecule is CCCCCCCCCCCCOc1ccc(C(=O)Oc2ccc(C=Nc3ccc(O[C@@H](C)CC)cc3)cc2)cc1. The van der Waals surface area contributed by atoms with E-state index in [0.29, 0.717) is 17.9 Å². The first-order chi connectivity index (χ1) is 20.1. The predicted octanol–water partition coefficient (Wildman–Crippen LogP) is 10.1. The summed E-state index contributed by atoms with van der Waals surface area (Å²) < 4.78 is 17.2. The molecule has 0 bridgehead atoms. The second-order valence-corrected chi connectivity index (χ2v) is 10.6. The number of benzene rings is 3. The highest BCUT2D eigenvalue weighted by Crippen LogP contribution is 2.21. The van der Waals surface area contributed by atoms with Gasteiger partial charge in [-0.3, -0.25) is 4.99 Å². The summed E-state index contributed by atoms with van der Waals surface area (Å²) in [4.78, 5) is 17.1. The fourth-order valence-corrected chi connectivity index (χ4v) is 4.33. The van der Waals surface area contributed by atoms with Crippen molar-refractivity contribution in [1.29, 1.82) is 0 Å². The van der Waals surface area contributed by atoms with Gasteiger partial charge in [0.2, 0.25) is 0 Å². The number of aliphatic imine (C=N–C) groups is 1. The molecule has 0 radical (unpaired) electrons. The molecule has 1 atom stereocenters. The van der Waals surface area contributed by atoms with E-state index in [4.69, 9.17) is 14.2 Å². The van der Waals surface area contributed by atoms with Crippen LogP contribution in [0.4, 0.5) is 5.69 Å². The predicted molar refractivity (Wildman–Crippen MR) is 169 cm³/mol. The van der Waals surface area contributed by atoms with Crippen LogP contribution < -0.4 is 14.2 Å². The Morgan fingerprint density at radius 2 is 1.27 bits per heavy atom. The molecule has 0 unspecified atom stereocenters. The van der Waals surface area contributed by atoms with Crippen LogP contribution in [-0.2, 0) is 0 Å². The zero-order valence-electron chi connectivity index (χ0n) is 25.1. The van der Waals surface area contributed by atoms with Crippen LogP contribution in [0.25, 0.3) is 0 Å². The van der Waals surface area contributed by atoms with Gasteiger partial charge in [-0.15, -0.1) is 0 Å². The number of carbonyl (C=O) groups excluding carboxylic acids is 1. The molecule has 0 aliphatic heterocycles. The first-order valence-corrected chi connectivity index (χ1v) is 15.4. The monoisotopic (exact) mass is 557 g/mol. The van der Waals surface area contributed by atoms with Gasteiger partial charge in [0.05, 0.1) is 24.0 Å². The van der Waals surface area contributed by atoms with Crippen LogP contribution >= 0.6 is 0 Å². The van der Waals surface area contributed by atoms with Gasteiger partial charge in [-0.2, -0.15) is 0 Å². The molecule has 0 aliphatic rings. The van der Waals surface area contributed by atoms with E-state index in [0.717, 1.165) is 35.6 Å². The van der Waals surface area contributed by atoms with Crippen LogP contribution in [0, 0.1) is 0 Å². The van der Waals surface area contributed by atoms with Crippen molar-refractivity contribution < 1.29 is 19.0 Å².